The Morgan fingerprint density at radius 1 is 1.32 bits per heavy atom. The summed E-state index contributed by atoms with van der Waals surface area (Å²) in [5, 5.41) is 10.8. The Morgan fingerprint density at radius 2 is 2.18 bits per heavy atom. The fourth-order valence-electron chi connectivity index (χ4n) is 1.96. The number of carbonyl (C=O) groups is 1. The summed E-state index contributed by atoms with van der Waals surface area (Å²) in [7, 11) is 1.81. The zero-order valence-corrected chi connectivity index (χ0v) is 12.1. The van der Waals surface area contributed by atoms with E-state index in [4.69, 9.17) is 4.52 Å². The van der Waals surface area contributed by atoms with Crippen molar-refractivity contribution in [2.24, 2.45) is 7.05 Å². The number of aryl methyl sites for hydroxylation is 2. The molecule has 0 atom stereocenters. The molecule has 0 aliphatic heterocycles. The van der Waals surface area contributed by atoms with Gasteiger partial charge in [-0.05, 0) is 13.0 Å². The van der Waals surface area contributed by atoms with E-state index in [9.17, 15) is 4.79 Å². The van der Waals surface area contributed by atoms with Crippen LogP contribution in [0.25, 0.3) is 11.4 Å². The summed E-state index contributed by atoms with van der Waals surface area (Å²) in [6, 6.07) is 3.45. The number of aromatic nitrogens is 5. The molecule has 0 saturated carbocycles. The van der Waals surface area contributed by atoms with E-state index in [1.54, 1.807) is 36.3 Å². The third-order valence-corrected chi connectivity index (χ3v) is 3.09. The van der Waals surface area contributed by atoms with Crippen LogP contribution in [0.3, 0.4) is 0 Å². The summed E-state index contributed by atoms with van der Waals surface area (Å²) in [6.45, 7) is 2.06. The second-order valence-corrected chi connectivity index (χ2v) is 4.74. The van der Waals surface area contributed by atoms with Crippen LogP contribution in [0.5, 0.6) is 0 Å². The fraction of sp³-hybridized carbons (Fsp3) is 0.214. The Morgan fingerprint density at radius 3 is 2.86 bits per heavy atom. The van der Waals surface area contributed by atoms with E-state index in [2.05, 4.69) is 25.5 Å². The van der Waals surface area contributed by atoms with Gasteiger partial charge < -0.3 is 9.84 Å². The van der Waals surface area contributed by atoms with Crippen molar-refractivity contribution in [1.29, 1.82) is 0 Å². The molecule has 0 aliphatic rings. The van der Waals surface area contributed by atoms with Crippen LogP contribution < -0.4 is 5.32 Å². The molecule has 3 heterocycles. The molecule has 1 amide bonds. The summed E-state index contributed by atoms with van der Waals surface area (Å²) in [4.78, 5) is 20.2. The summed E-state index contributed by atoms with van der Waals surface area (Å²) >= 11 is 0. The molecule has 8 nitrogen and oxygen atoms in total. The standard InChI is InChI=1S/C14H14N6O2/c1-9-5-12(19-22-9)14(21)17-7-10-6-11(18-20(10)2)13-8-15-3-4-16-13/h3-6,8H,7H2,1-2H3,(H,17,21). The molecule has 0 saturated heterocycles. The van der Waals surface area contributed by atoms with Gasteiger partial charge in [0.2, 0.25) is 0 Å². The smallest absolute Gasteiger partial charge is 0.273 e. The third kappa shape index (κ3) is 2.85. The molecule has 3 aromatic rings. The highest BCUT2D eigenvalue weighted by molar-refractivity contribution is 5.92. The second kappa shape index (κ2) is 5.76. The van der Waals surface area contributed by atoms with Crippen molar-refractivity contribution in [3.05, 3.63) is 47.9 Å². The molecule has 0 radical (unpaired) electrons. The lowest BCUT2D eigenvalue weighted by Crippen LogP contribution is -2.24. The van der Waals surface area contributed by atoms with Crippen LogP contribution >= 0.6 is 0 Å². The first-order valence-corrected chi connectivity index (χ1v) is 6.64. The first-order valence-electron chi connectivity index (χ1n) is 6.64. The van der Waals surface area contributed by atoms with Gasteiger partial charge in [0.15, 0.2) is 5.69 Å². The predicted molar refractivity (Wildman–Crippen MR) is 76.6 cm³/mol. The van der Waals surface area contributed by atoms with Gasteiger partial charge in [-0.25, -0.2) is 0 Å². The fourth-order valence-corrected chi connectivity index (χ4v) is 1.96. The van der Waals surface area contributed by atoms with E-state index in [1.807, 2.05) is 13.1 Å². The lowest BCUT2D eigenvalue weighted by Gasteiger charge is -2.02. The summed E-state index contributed by atoms with van der Waals surface area (Å²) in [6.07, 6.45) is 4.86. The van der Waals surface area contributed by atoms with Crippen molar-refractivity contribution >= 4 is 5.91 Å². The van der Waals surface area contributed by atoms with E-state index in [0.717, 1.165) is 5.69 Å². The van der Waals surface area contributed by atoms with Crippen LogP contribution in [0.2, 0.25) is 0 Å². The predicted octanol–water partition coefficient (Wildman–Crippen LogP) is 1.10. The topological polar surface area (TPSA) is 98.7 Å². The maximum absolute atomic E-state index is 11.9. The Kier molecular flexibility index (Phi) is 3.65. The van der Waals surface area contributed by atoms with Crippen LogP contribution in [0.15, 0.2) is 35.2 Å². The number of rotatable bonds is 4. The maximum Gasteiger partial charge on any atom is 0.273 e. The molecule has 0 aromatic carbocycles. The Hall–Kier alpha value is -3.03. The molecule has 0 aliphatic carbocycles. The monoisotopic (exact) mass is 298 g/mol. The van der Waals surface area contributed by atoms with Gasteiger partial charge in [0, 0.05) is 25.5 Å². The van der Waals surface area contributed by atoms with Crippen molar-refractivity contribution in [2.45, 2.75) is 13.5 Å². The van der Waals surface area contributed by atoms with Crippen molar-refractivity contribution in [1.82, 2.24) is 30.2 Å². The Balaban J connectivity index is 1.71. The normalized spacial score (nSPS) is 10.6. The maximum atomic E-state index is 11.9. The molecule has 112 valence electrons. The summed E-state index contributed by atoms with van der Waals surface area (Å²) in [5.74, 6) is 0.301. The quantitative estimate of drug-likeness (QED) is 0.774. The Bertz CT molecular complexity index is 793. The number of carbonyl (C=O) groups excluding carboxylic acids is 1. The number of nitrogens with one attached hydrogen (secondary N) is 1. The number of amides is 1. The SMILES string of the molecule is Cc1cc(C(=O)NCc2cc(-c3cnccn3)nn2C)no1. The highest BCUT2D eigenvalue weighted by Crippen LogP contribution is 2.15. The molecule has 0 fully saturated rings. The van der Waals surface area contributed by atoms with Gasteiger partial charge in [0.05, 0.1) is 18.4 Å². The van der Waals surface area contributed by atoms with Crippen LogP contribution in [0, 0.1) is 6.92 Å². The second-order valence-electron chi connectivity index (χ2n) is 4.74. The van der Waals surface area contributed by atoms with Crippen LogP contribution in [-0.2, 0) is 13.6 Å². The molecule has 1 N–H and O–H groups in total. The Labute approximate surface area is 126 Å². The largest absolute Gasteiger partial charge is 0.361 e. The van der Waals surface area contributed by atoms with Gasteiger partial charge >= 0.3 is 0 Å². The minimum atomic E-state index is -0.292. The highest BCUT2D eigenvalue weighted by Gasteiger charge is 2.13. The van der Waals surface area contributed by atoms with Crippen molar-refractivity contribution in [3.8, 4) is 11.4 Å². The molecule has 8 heteroatoms. The molecular weight excluding hydrogens is 284 g/mol. The van der Waals surface area contributed by atoms with Crippen LogP contribution in [0.1, 0.15) is 21.9 Å². The van der Waals surface area contributed by atoms with E-state index >= 15 is 0 Å². The molecule has 22 heavy (non-hydrogen) atoms. The van der Waals surface area contributed by atoms with E-state index in [0.29, 0.717) is 23.7 Å². The minimum absolute atomic E-state index is 0.258. The van der Waals surface area contributed by atoms with Crippen molar-refractivity contribution < 1.29 is 9.32 Å². The number of hydrogen-bond donors (Lipinski definition) is 1. The lowest BCUT2D eigenvalue weighted by atomic mass is 10.3. The first kappa shape index (κ1) is 13.9. The zero-order chi connectivity index (χ0) is 15.5. The molecule has 0 unspecified atom stereocenters. The zero-order valence-electron chi connectivity index (χ0n) is 12.1. The highest BCUT2D eigenvalue weighted by atomic mass is 16.5. The summed E-state index contributed by atoms with van der Waals surface area (Å²) < 4.78 is 6.57. The van der Waals surface area contributed by atoms with Gasteiger partial charge in [-0.2, -0.15) is 5.10 Å². The molecule has 0 bridgehead atoms. The van der Waals surface area contributed by atoms with Gasteiger partial charge in [-0.3, -0.25) is 19.4 Å². The van der Waals surface area contributed by atoms with E-state index < -0.39 is 0 Å². The molecule has 3 rings (SSSR count). The van der Waals surface area contributed by atoms with E-state index in [-0.39, 0.29) is 11.6 Å². The van der Waals surface area contributed by atoms with Crippen LogP contribution in [-0.4, -0.2) is 30.8 Å². The van der Waals surface area contributed by atoms with E-state index in [1.165, 1.54) is 0 Å². The van der Waals surface area contributed by atoms with Crippen molar-refractivity contribution in [2.75, 3.05) is 0 Å². The van der Waals surface area contributed by atoms with Gasteiger partial charge in [0.25, 0.3) is 5.91 Å². The molecular formula is C14H14N6O2. The van der Waals surface area contributed by atoms with Gasteiger partial charge in [-0.15, -0.1) is 0 Å². The number of nitrogens with zero attached hydrogens (tertiary/aromatic N) is 5. The van der Waals surface area contributed by atoms with Crippen LogP contribution in [0.4, 0.5) is 0 Å². The first-order chi connectivity index (χ1) is 10.6. The van der Waals surface area contributed by atoms with Crippen molar-refractivity contribution in [3.63, 3.8) is 0 Å². The molecule has 0 spiro atoms. The molecule has 3 aromatic heterocycles. The van der Waals surface area contributed by atoms with Gasteiger partial charge in [-0.1, -0.05) is 5.16 Å². The lowest BCUT2D eigenvalue weighted by molar-refractivity contribution is 0.0941. The average Bonchev–Trinajstić information content (AvgIpc) is 3.12. The minimum Gasteiger partial charge on any atom is -0.361 e. The number of hydrogen-bond acceptors (Lipinski definition) is 6. The summed E-state index contributed by atoms with van der Waals surface area (Å²) in [5.41, 5.74) is 2.49. The third-order valence-electron chi connectivity index (χ3n) is 3.09. The average molecular weight is 298 g/mol. The van der Waals surface area contributed by atoms with Gasteiger partial charge in [0.1, 0.15) is 17.1 Å².